The van der Waals surface area contributed by atoms with Crippen LogP contribution in [0.25, 0.3) is 0 Å². The van der Waals surface area contributed by atoms with E-state index in [2.05, 4.69) is 15.4 Å². The van der Waals surface area contributed by atoms with E-state index in [1.54, 1.807) is 0 Å². The summed E-state index contributed by atoms with van der Waals surface area (Å²) in [5, 5.41) is 5.90. The van der Waals surface area contributed by atoms with Crippen molar-refractivity contribution in [1.29, 1.82) is 0 Å². The largest absolute Gasteiger partial charge is 0.466 e. The standard InChI is InChI=1S/C20H22N2O3/c1-14(12-20(24)25-3)21-18-8-4-16(5-9-18)13-17-6-10-19(11-7-17)22-15(2)23/h4-12,21H,13H2,1-3H3,(H,22,23). The molecule has 0 atom stereocenters. The summed E-state index contributed by atoms with van der Waals surface area (Å²) in [7, 11) is 1.35. The highest BCUT2D eigenvalue weighted by molar-refractivity contribution is 5.88. The van der Waals surface area contributed by atoms with Crippen LogP contribution in [0.3, 0.4) is 0 Å². The Morgan fingerprint density at radius 3 is 1.80 bits per heavy atom. The maximum Gasteiger partial charge on any atom is 0.332 e. The van der Waals surface area contributed by atoms with E-state index >= 15 is 0 Å². The fraction of sp³-hybridized carbons (Fsp3) is 0.200. The zero-order valence-electron chi connectivity index (χ0n) is 14.6. The van der Waals surface area contributed by atoms with E-state index in [0.29, 0.717) is 5.70 Å². The summed E-state index contributed by atoms with van der Waals surface area (Å²) in [6, 6.07) is 15.8. The SMILES string of the molecule is COC(=O)C=C(C)Nc1ccc(Cc2ccc(NC(C)=O)cc2)cc1. The predicted molar refractivity (Wildman–Crippen MR) is 99.4 cm³/mol. The van der Waals surface area contributed by atoms with Gasteiger partial charge in [0.25, 0.3) is 0 Å². The summed E-state index contributed by atoms with van der Waals surface area (Å²) in [5.41, 5.74) is 4.75. The average Bonchev–Trinajstić information content (AvgIpc) is 2.57. The second-order valence-corrected chi connectivity index (χ2v) is 5.73. The topological polar surface area (TPSA) is 67.4 Å². The van der Waals surface area contributed by atoms with E-state index in [-0.39, 0.29) is 11.9 Å². The second kappa shape index (κ2) is 8.68. The van der Waals surface area contributed by atoms with E-state index in [9.17, 15) is 9.59 Å². The first-order valence-corrected chi connectivity index (χ1v) is 7.95. The van der Waals surface area contributed by atoms with Gasteiger partial charge in [0.05, 0.1) is 7.11 Å². The highest BCUT2D eigenvalue weighted by atomic mass is 16.5. The maximum absolute atomic E-state index is 11.2. The lowest BCUT2D eigenvalue weighted by atomic mass is 10.0. The van der Waals surface area contributed by atoms with Crippen LogP contribution >= 0.6 is 0 Å². The second-order valence-electron chi connectivity index (χ2n) is 5.73. The minimum atomic E-state index is -0.385. The fourth-order valence-electron chi connectivity index (χ4n) is 2.35. The van der Waals surface area contributed by atoms with Crippen LogP contribution in [0.2, 0.25) is 0 Å². The maximum atomic E-state index is 11.2. The van der Waals surface area contributed by atoms with Gasteiger partial charge in [-0.2, -0.15) is 0 Å². The van der Waals surface area contributed by atoms with Gasteiger partial charge in [-0.3, -0.25) is 4.79 Å². The Bertz CT molecular complexity index is 763. The lowest BCUT2D eigenvalue weighted by Crippen LogP contribution is -2.05. The van der Waals surface area contributed by atoms with Gasteiger partial charge in [0.2, 0.25) is 5.91 Å². The number of esters is 1. The van der Waals surface area contributed by atoms with Gasteiger partial charge in [-0.1, -0.05) is 24.3 Å². The third-order valence-corrected chi connectivity index (χ3v) is 3.51. The molecule has 0 saturated heterocycles. The number of anilines is 2. The molecule has 0 radical (unpaired) electrons. The number of benzene rings is 2. The number of methoxy groups -OCH3 is 1. The number of allylic oxidation sites excluding steroid dienone is 1. The zero-order valence-corrected chi connectivity index (χ0v) is 14.6. The predicted octanol–water partition coefficient (Wildman–Crippen LogP) is 3.72. The van der Waals surface area contributed by atoms with Gasteiger partial charge < -0.3 is 15.4 Å². The van der Waals surface area contributed by atoms with Gasteiger partial charge in [-0.25, -0.2) is 4.79 Å². The molecule has 0 aliphatic heterocycles. The molecule has 5 heteroatoms. The van der Waals surface area contributed by atoms with Gasteiger partial charge in [-0.15, -0.1) is 0 Å². The molecular weight excluding hydrogens is 316 g/mol. The molecule has 1 amide bonds. The van der Waals surface area contributed by atoms with Crippen LogP contribution in [-0.4, -0.2) is 19.0 Å². The van der Waals surface area contributed by atoms with Crippen molar-refractivity contribution in [3.05, 3.63) is 71.4 Å². The van der Waals surface area contributed by atoms with Crippen LogP contribution in [0.4, 0.5) is 11.4 Å². The Balaban J connectivity index is 1.97. The molecule has 2 aromatic carbocycles. The third kappa shape index (κ3) is 6.14. The Morgan fingerprint density at radius 2 is 1.36 bits per heavy atom. The molecule has 2 N–H and O–H groups in total. The van der Waals surface area contributed by atoms with Crippen molar-refractivity contribution in [3.63, 3.8) is 0 Å². The van der Waals surface area contributed by atoms with Gasteiger partial charge in [-0.05, 0) is 48.7 Å². The number of rotatable bonds is 6. The van der Waals surface area contributed by atoms with E-state index in [1.807, 2.05) is 55.5 Å². The van der Waals surface area contributed by atoms with Crippen molar-refractivity contribution >= 4 is 23.3 Å². The lowest BCUT2D eigenvalue weighted by Gasteiger charge is -2.08. The van der Waals surface area contributed by atoms with Gasteiger partial charge >= 0.3 is 5.97 Å². The fourth-order valence-corrected chi connectivity index (χ4v) is 2.35. The van der Waals surface area contributed by atoms with E-state index in [1.165, 1.54) is 25.7 Å². The van der Waals surface area contributed by atoms with Gasteiger partial charge in [0.1, 0.15) is 0 Å². The molecule has 5 nitrogen and oxygen atoms in total. The molecule has 0 heterocycles. The Labute approximate surface area is 147 Å². The van der Waals surface area contributed by atoms with Crippen LogP contribution in [0.5, 0.6) is 0 Å². The highest BCUT2D eigenvalue weighted by Crippen LogP contribution is 2.17. The molecule has 0 saturated carbocycles. The normalized spacial score (nSPS) is 10.9. The van der Waals surface area contributed by atoms with E-state index in [4.69, 9.17) is 0 Å². The third-order valence-electron chi connectivity index (χ3n) is 3.51. The van der Waals surface area contributed by atoms with Crippen LogP contribution in [-0.2, 0) is 20.7 Å². The van der Waals surface area contributed by atoms with Gasteiger partial charge in [0.15, 0.2) is 0 Å². The molecule has 0 unspecified atom stereocenters. The minimum Gasteiger partial charge on any atom is -0.466 e. The van der Waals surface area contributed by atoms with Crippen LogP contribution in [0.1, 0.15) is 25.0 Å². The van der Waals surface area contributed by atoms with Crippen molar-refractivity contribution in [1.82, 2.24) is 0 Å². The molecule has 0 fully saturated rings. The summed E-state index contributed by atoms with van der Waals surface area (Å²) in [5.74, 6) is -0.461. The number of hydrogen-bond donors (Lipinski definition) is 2. The van der Waals surface area contributed by atoms with Crippen molar-refractivity contribution in [2.24, 2.45) is 0 Å². The smallest absolute Gasteiger partial charge is 0.332 e. The molecule has 0 aromatic heterocycles. The van der Waals surface area contributed by atoms with Crippen molar-refractivity contribution in [3.8, 4) is 0 Å². The highest BCUT2D eigenvalue weighted by Gasteiger charge is 2.01. The van der Waals surface area contributed by atoms with Crippen LogP contribution in [0, 0.1) is 0 Å². The molecule has 130 valence electrons. The Kier molecular flexibility index (Phi) is 6.34. The monoisotopic (exact) mass is 338 g/mol. The number of hydrogen-bond acceptors (Lipinski definition) is 4. The molecule has 2 rings (SSSR count). The number of amides is 1. The zero-order chi connectivity index (χ0) is 18.2. The molecular formula is C20H22N2O3. The average molecular weight is 338 g/mol. The number of carbonyl (C=O) groups is 2. The summed E-state index contributed by atoms with van der Waals surface area (Å²) < 4.78 is 4.60. The van der Waals surface area contributed by atoms with Crippen molar-refractivity contribution < 1.29 is 14.3 Å². The van der Waals surface area contributed by atoms with E-state index in [0.717, 1.165) is 23.4 Å². The first-order valence-electron chi connectivity index (χ1n) is 7.95. The molecule has 0 spiro atoms. The number of carbonyl (C=O) groups excluding carboxylic acids is 2. The Hall–Kier alpha value is -3.08. The van der Waals surface area contributed by atoms with Gasteiger partial charge in [0, 0.05) is 30.1 Å². The molecule has 0 aliphatic rings. The minimum absolute atomic E-state index is 0.0765. The first-order chi connectivity index (χ1) is 12.0. The number of ether oxygens (including phenoxy) is 1. The molecule has 25 heavy (non-hydrogen) atoms. The van der Waals surface area contributed by atoms with Crippen LogP contribution < -0.4 is 10.6 Å². The Morgan fingerprint density at radius 1 is 0.880 bits per heavy atom. The van der Waals surface area contributed by atoms with E-state index < -0.39 is 0 Å². The van der Waals surface area contributed by atoms with Crippen molar-refractivity contribution in [2.45, 2.75) is 20.3 Å². The molecule has 0 aliphatic carbocycles. The quantitative estimate of drug-likeness (QED) is 0.622. The first kappa shape index (κ1) is 18.3. The number of nitrogens with one attached hydrogen (secondary N) is 2. The summed E-state index contributed by atoms with van der Waals surface area (Å²) >= 11 is 0. The summed E-state index contributed by atoms with van der Waals surface area (Å²) in [6.45, 7) is 3.30. The summed E-state index contributed by atoms with van der Waals surface area (Å²) in [4.78, 5) is 22.2. The van der Waals surface area contributed by atoms with Crippen LogP contribution in [0.15, 0.2) is 60.3 Å². The molecule has 0 bridgehead atoms. The summed E-state index contributed by atoms with van der Waals surface area (Å²) in [6.07, 6.45) is 2.21. The lowest BCUT2D eigenvalue weighted by molar-refractivity contribution is -0.134. The molecule has 2 aromatic rings. The van der Waals surface area contributed by atoms with Crippen molar-refractivity contribution in [2.75, 3.05) is 17.7 Å².